The average Bonchev–Trinajstić information content (AvgIpc) is 2.88. The highest BCUT2D eigenvalue weighted by molar-refractivity contribution is 6.04. The number of hydrogen-bond donors (Lipinski definition) is 3. The minimum absolute atomic E-state index is 0.0234. The van der Waals surface area contributed by atoms with Gasteiger partial charge in [-0.2, -0.15) is 0 Å². The summed E-state index contributed by atoms with van der Waals surface area (Å²) in [6, 6.07) is 8.37. The summed E-state index contributed by atoms with van der Waals surface area (Å²) < 4.78 is 0. The third-order valence-electron chi connectivity index (χ3n) is 7.45. The van der Waals surface area contributed by atoms with Crippen molar-refractivity contribution < 1.29 is 14.4 Å². The number of rotatable bonds is 9. The summed E-state index contributed by atoms with van der Waals surface area (Å²) in [6.07, 6.45) is 14.1. The van der Waals surface area contributed by atoms with Crippen LogP contribution >= 0.6 is 0 Å². The van der Waals surface area contributed by atoms with E-state index < -0.39 is 11.9 Å². The quantitative estimate of drug-likeness (QED) is 0.277. The molecule has 35 heavy (non-hydrogen) atoms. The van der Waals surface area contributed by atoms with Crippen LogP contribution in [-0.4, -0.2) is 48.3 Å². The number of nitrogens with one attached hydrogen (secondary N) is 2. The van der Waals surface area contributed by atoms with Gasteiger partial charge in [0.05, 0.1) is 6.04 Å². The van der Waals surface area contributed by atoms with Crippen LogP contribution in [0.3, 0.4) is 0 Å². The van der Waals surface area contributed by atoms with Gasteiger partial charge in [0.15, 0.2) is 5.96 Å². The van der Waals surface area contributed by atoms with E-state index in [2.05, 4.69) is 10.6 Å². The summed E-state index contributed by atoms with van der Waals surface area (Å²) in [7, 11) is 1.62. The zero-order valence-electron chi connectivity index (χ0n) is 21.0. The van der Waals surface area contributed by atoms with Gasteiger partial charge in [0, 0.05) is 18.7 Å². The lowest BCUT2D eigenvalue weighted by molar-refractivity contribution is -0.114. The van der Waals surface area contributed by atoms with Gasteiger partial charge in [-0.3, -0.25) is 19.8 Å². The van der Waals surface area contributed by atoms with Crippen molar-refractivity contribution in [1.82, 2.24) is 15.5 Å². The van der Waals surface area contributed by atoms with Gasteiger partial charge in [0.1, 0.15) is 0 Å². The second-order valence-electron chi connectivity index (χ2n) is 10.2. The normalized spacial score (nSPS) is 22.1. The van der Waals surface area contributed by atoms with E-state index in [1.165, 1.54) is 37.0 Å². The van der Waals surface area contributed by atoms with Crippen molar-refractivity contribution in [2.75, 3.05) is 7.05 Å². The third kappa shape index (κ3) is 9.00. The molecule has 8 nitrogen and oxygen atoms in total. The Kier molecular flexibility index (Phi) is 10.6. The Morgan fingerprint density at radius 1 is 1.09 bits per heavy atom. The highest BCUT2D eigenvalue weighted by Gasteiger charge is 2.27. The molecule has 0 saturated heterocycles. The molecular weight excluding hydrogens is 442 g/mol. The van der Waals surface area contributed by atoms with Gasteiger partial charge in [-0.05, 0) is 56.1 Å². The zero-order chi connectivity index (χ0) is 25.0. The molecule has 2 aliphatic rings. The van der Waals surface area contributed by atoms with E-state index in [0.717, 1.165) is 50.9 Å². The first-order valence-electron chi connectivity index (χ1n) is 13.1. The number of urea groups is 1. The number of guanidine groups is 1. The Morgan fingerprint density at radius 2 is 1.80 bits per heavy atom. The molecule has 3 rings (SSSR count). The van der Waals surface area contributed by atoms with Crippen LogP contribution in [0.1, 0.15) is 87.4 Å². The fourth-order valence-corrected chi connectivity index (χ4v) is 5.48. The van der Waals surface area contributed by atoms with Crippen molar-refractivity contribution in [2.45, 2.75) is 89.1 Å². The van der Waals surface area contributed by atoms with Crippen LogP contribution in [0, 0.1) is 11.8 Å². The van der Waals surface area contributed by atoms with Crippen LogP contribution in [0.5, 0.6) is 0 Å². The lowest BCUT2D eigenvalue weighted by Gasteiger charge is -2.32. The Labute approximate surface area is 209 Å². The number of carbonyl (C=O) groups excluding carboxylic acids is 3. The molecule has 1 unspecified atom stereocenters. The summed E-state index contributed by atoms with van der Waals surface area (Å²) in [5.41, 5.74) is 6.54. The van der Waals surface area contributed by atoms with Gasteiger partial charge in [0.2, 0.25) is 6.41 Å². The summed E-state index contributed by atoms with van der Waals surface area (Å²) >= 11 is 0. The molecule has 0 aliphatic heterocycles. The van der Waals surface area contributed by atoms with E-state index in [4.69, 9.17) is 10.7 Å². The predicted octanol–water partition coefficient (Wildman–Crippen LogP) is 4.21. The maximum atomic E-state index is 12.4. The SMILES string of the molecule is CN(C=O)C(N)=N[C@H](CCC1CCCCC1)C[C@H]1CCCC(NC(=O)NC(=O)c2ccccc2)C1. The van der Waals surface area contributed by atoms with E-state index in [0.29, 0.717) is 17.9 Å². The van der Waals surface area contributed by atoms with Gasteiger partial charge >= 0.3 is 6.03 Å². The number of amides is 4. The zero-order valence-corrected chi connectivity index (χ0v) is 21.0. The Hall–Kier alpha value is -2.90. The van der Waals surface area contributed by atoms with Crippen LogP contribution in [0.4, 0.5) is 4.79 Å². The van der Waals surface area contributed by atoms with Crippen molar-refractivity contribution in [3.8, 4) is 0 Å². The lowest BCUT2D eigenvalue weighted by atomic mass is 9.80. The topological polar surface area (TPSA) is 117 Å². The van der Waals surface area contributed by atoms with Gasteiger partial charge in [-0.25, -0.2) is 9.79 Å². The predicted molar refractivity (Wildman–Crippen MR) is 138 cm³/mol. The number of imide groups is 1. The molecule has 0 radical (unpaired) electrons. The second kappa shape index (κ2) is 13.9. The monoisotopic (exact) mass is 483 g/mol. The van der Waals surface area contributed by atoms with Gasteiger partial charge in [0.25, 0.3) is 5.91 Å². The van der Waals surface area contributed by atoms with Crippen LogP contribution in [0.15, 0.2) is 35.3 Å². The van der Waals surface area contributed by atoms with E-state index in [1.54, 1.807) is 31.3 Å². The van der Waals surface area contributed by atoms with Crippen molar-refractivity contribution in [1.29, 1.82) is 0 Å². The molecule has 2 aliphatic carbocycles. The molecule has 8 heteroatoms. The molecule has 4 N–H and O–H groups in total. The number of nitrogens with zero attached hydrogens (tertiary/aromatic N) is 2. The molecule has 4 amide bonds. The van der Waals surface area contributed by atoms with Crippen molar-refractivity contribution in [3.63, 3.8) is 0 Å². The largest absolute Gasteiger partial charge is 0.369 e. The number of hydrogen-bond acceptors (Lipinski definition) is 4. The Bertz CT molecular complexity index is 854. The maximum Gasteiger partial charge on any atom is 0.321 e. The smallest absolute Gasteiger partial charge is 0.321 e. The molecule has 1 aromatic carbocycles. The lowest BCUT2D eigenvalue weighted by Crippen LogP contribution is -2.46. The molecular formula is C27H41N5O3. The highest BCUT2D eigenvalue weighted by atomic mass is 16.2. The second-order valence-corrected chi connectivity index (χ2v) is 10.2. The molecule has 2 saturated carbocycles. The van der Waals surface area contributed by atoms with Gasteiger partial charge < -0.3 is 11.1 Å². The van der Waals surface area contributed by atoms with E-state index >= 15 is 0 Å². The van der Waals surface area contributed by atoms with E-state index in [1.807, 2.05) is 6.07 Å². The highest BCUT2D eigenvalue weighted by Crippen LogP contribution is 2.32. The number of carbonyl (C=O) groups is 3. The molecule has 1 aromatic rings. The molecule has 0 spiro atoms. The van der Waals surface area contributed by atoms with Crippen LogP contribution in [0.2, 0.25) is 0 Å². The fraction of sp³-hybridized carbons (Fsp3) is 0.630. The van der Waals surface area contributed by atoms with Gasteiger partial charge in [-0.15, -0.1) is 0 Å². The molecule has 0 aromatic heterocycles. The first kappa shape index (κ1) is 26.7. The minimum Gasteiger partial charge on any atom is -0.369 e. The number of aliphatic imine (C=N–C) groups is 1. The molecule has 192 valence electrons. The first-order chi connectivity index (χ1) is 16.9. The summed E-state index contributed by atoms with van der Waals surface area (Å²) in [4.78, 5) is 41.9. The van der Waals surface area contributed by atoms with Crippen LogP contribution in [0.25, 0.3) is 0 Å². The maximum absolute atomic E-state index is 12.4. The summed E-state index contributed by atoms with van der Waals surface area (Å²) in [5.74, 6) is 1.03. The standard InChI is InChI=1S/C27H41N5O3/c1-32(19-33)26(28)29-24(16-15-20-9-4-2-5-10-20)18-21-11-8-14-23(17-21)30-27(35)31-25(34)22-12-6-3-7-13-22/h3,6-7,12-13,19-21,23-24H,2,4-5,8-11,14-18H2,1H3,(H2,28,29)(H2,30,31,34,35)/t21-,23?,24+/m0/s1. The van der Waals surface area contributed by atoms with Crippen molar-refractivity contribution in [2.24, 2.45) is 22.6 Å². The minimum atomic E-state index is -0.451. The van der Waals surface area contributed by atoms with E-state index in [-0.39, 0.29) is 18.0 Å². The van der Waals surface area contributed by atoms with Crippen molar-refractivity contribution in [3.05, 3.63) is 35.9 Å². The first-order valence-corrected chi connectivity index (χ1v) is 13.1. The number of nitrogens with two attached hydrogens (primary N) is 1. The average molecular weight is 484 g/mol. The van der Waals surface area contributed by atoms with Crippen molar-refractivity contribution >= 4 is 24.3 Å². The fourth-order valence-electron chi connectivity index (χ4n) is 5.48. The Balaban J connectivity index is 1.53. The van der Waals surface area contributed by atoms with Gasteiger partial charge in [-0.1, -0.05) is 63.1 Å². The van der Waals surface area contributed by atoms with Crippen LogP contribution in [-0.2, 0) is 4.79 Å². The van der Waals surface area contributed by atoms with Crippen LogP contribution < -0.4 is 16.4 Å². The third-order valence-corrected chi connectivity index (χ3v) is 7.45. The van der Waals surface area contributed by atoms with E-state index in [9.17, 15) is 14.4 Å². The summed E-state index contributed by atoms with van der Waals surface area (Å²) in [5, 5.41) is 5.42. The Morgan fingerprint density at radius 3 is 2.51 bits per heavy atom. The summed E-state index contributed by atoms with van der Waals surface area (Å²) in [6.45, 7) is 0. The molecule has 3 atom stereocenters. The molecule has 0 heterocycles. The molecule has 2 fully saturated rings. The number of benzene rings is 1. The molecule has 0 bridgehead atoms.